The molecule has 1 saturated carbocycles. The SMILES string of the molecule is CCC(C)CC1CCCC(C)C1. The van der Waals surface area contributed by atoms with E-state index >= 15 is 0 Å². The molecule has 3 atom stereocenters. The molecule has 0 aliphatic heterocycles. The highest BCUT2D eigenvalue weighted by atomic mass is 14.3. The molecule has 1 rings (SSSR count). The maximum atomic E-state index is 2.42. The summed E-state index contributed by atoms with van der Waals surface area (Å²) in [5, 5.41) is 0. The summed E-state index contributed by atoms with van der Waals surface area (Å²) in [4.78, 5) is 0. The van der Waals surface area contributed by atoms with Gasteiger partial charge in [0.25, 0.3) is 0 Å². The first-order valence-electron chi connectivity index (χ1n) is 5.72. The molecular formula is C12H24. The van der Waals surface area contributed by atoms with Crippen molar-refractivity contribution in [2.24, 2.45) is 17.8 Å². The smallest absolute Gasteiger partial charge is 0.0409 e. The second kappa shape index (κ2) is 4.89. The molecule has 0 radical (unpaired) electrons. The first-order chi connectivity index (χ1) is 5.72. The Balaban J connectivity index is 2.22. The predicted molar refractivity (Wildman–Crippen MR) is 55.2 cm³/mol. The van der Waals surface area contributed by atoms with Crippen molar-refractivity contribution in [3.63, 3.8) is 0 Å². The Morgan fingerprint density at radius 3 is 2.67 bits per heavy atom. The molecule has 0 heterocycles. The molecule has 0 nitrogen and oxygen atoms in total. The van der Waals surface area contributed by atoms with E-state index < -0.39 is 0 Å². The van der Waals surface area contributed by atoms with Crippen LogP contribution in [0.15, 0.2) is 0 Å². The Kier molecular flexibility index (Phi) is 4.11. The van der Waals surface area contributed by atoms with Crippen molar-refractivity contribution in [1.29, 1.82) is 0 Å². The minimum absolute atomic E-state index is 0.959. The van der Waals surface area contributed by atoms with E-state index in [1.807, 2.05) is 0 Å². The Bertz CT molecular complexity index is 117. The van der Waals surface area contributed by atoms with E-state index in [1.165, 1.54) is 38.5 Å². The molecule has 0 N–H and O–H groups in total. The lowest BCUT2D eigenvalue weighted by Gasteiger charge is -2.28. The van der Waals surface area contributed by atoms with Crippen LogP contribution in [0.25, 0.3) is 0 Å². The van der Waals surface area contributed by atoms with Gasteiger partial charge >= 0.3 is 0 Å². The van der Waals surface area contributed by atoms with Crippen molar-refractivity contribution < 1.29 is 0 Å². The summed E-state index contributed by atoms with van der Waals surface area (Å²) in [7, 11) is 0. The van der Waals surface area contributed by atoms with Crippen molar-refractivity contribution in [2.45, 2.75) is 59.3 Å². The number of rotatable bonds is 3. The van der Waals surface area contributed by atoms with Crippen LogP contribution >= 0.6 is 0 Å². The zero-order valence-corrected chi connectivity index (χ0v) is 8.97. The van der Waals surface area contributed by atoms with Crippen molar-refractivity contribution in [1.82, 2.24) is 0 Å². The molecule has 0 spiro atoms. The Labute approximate surface area is 77.7 Å². The first kappa shape index (κ1) is 10.1. The van der Waals surface area contributed by atoms with Gasteiger partial charge < -0.3 is 0 Å². The predicted octanol–water partition coefficient (Wildman–Crippen LogP) is 4.25. The molecule has 0 heteroatoms. The van der Waals surface area contributed by atoms with Crippen LogP contribution in [0.4, 0.5) is 0 Å². The van der Waals surface area contributed by atoms with Crippen LogP contribution < -0.4 is 0 Å². The van der Waals surface area contributed by atoms with E-state index in [9.17, 15) is 0 Å². The van der Waals surface area contributed by atoms with Gasteiger partial charge in [-0.25, -0.2) is 0 Å². The van der Waals surface area contributed by atoms with Gasteiger partial charge in [0.2, 0.25) is 0 Å². The van der Waals surface area contributed by atoms with Crippen LogP contribution in [0, 0.1) is 17.8 Å². The minimum Gasteiger partial charge on any atom is -0.0651 e. The molecule has 72 valence electrons. The van der Waals surface area contributed by atoms with Gasteiger partial charge in [0, 0.05) is 0 Å². The van der Waals surface area contributed by atoms with Crippen molar-refractivity contribution in [3.05, 3.63) is 0 Å². The molecule has 0 amide bonds. The van der Waals surface area contributed by atoms with Gasteiger partial charge in [0.1, 0.15) is 0 Å². The third-order valence-corrected chi connectivity index (χ3v) is 3.48. The van der Waals surface area contributed by atoms with E-state index in [2.05, 4.69) is 20.8 Å². The quantitative estimate of drug-likeness (QED) is 0.591. The standard InChI is InChI=1S/C12H24/c1-4-10(2)8-12-7-5-6-11(3)9-12/h10-12H,4-9H2,1-3H3. The monoisotopic (exact) mass is 168 g/mol. The Hall–Kier alpha value is 0. The zero-order chi connectivity index (χ0) is 8.97. The van der Waals surface area contributed by atoms with Gasteiger partial charge in [-0.05, 0) is 30.6 Å². The van der Waals surface area contributed by atoms with Gasteiger partial charge in [-0.15, -0.1) is 0 Å². The van der Waals surface area contributed by atoms with Crippen LogP contribution in [0.1, 0.15) is 59.3 Å². The zero-order valence-electron chi connectivity index (χ0n) is 8.97. The second-order valence-corrected chi connectivity index (χ2v) is 4.89. The van der Waals surface area contributed by atoms with E-state index in [0.29, 0.717) is 0 Å². The third-order valence-electron chi connectivity index (χ3n) is 3.48. The number of hydrogen-bond donors (Lipinski definition) is 0. The fourth-order valence-electron chi connectivity index (χ4n) is 2.51. The van der Waals surface area contributed by atoms with Crippen LogP contribution in [0.2, 0.25) is 0 Å². The minimum atomic E-state index is 0.959. The van der Waals surface area contributed by atoms with Crippen molar-refractivity contribution >= 4 is 0 Å². The molecule has 12 heavy (non-hydrogen) atoms. The van der Waals surface area contributed by atoms with Gasteiger partial charge in [0.15, 0.2) is 0 Å². The summed E-state index contributed by atoms with van der Waals surface area (Å²) in [5.74, 6) is 3.02. The summed E-state index contributed by atoms with van der Waals surface area (Å²) >= 11 is 0. The van der Waals surface area contributed by atoms with E-state index in [-0.39, 0.29) is 0 Å². The molecule has 0 aromatic heterocycles. The van der Waals surface area contributed by atoms with Crippen LogP contribution in [0.3, 0.4) is 0 Å². The third kappa shape index (κ3) is 3.16. The van der Waals surface area contributed by atoms with Gasteiger partial charge in [-0.1, -0.05) is 46.5 Å². The van der Waals surface area contributed by atoms with Gasteiger partial charge in [-0.3, -0.25) is 0 Å². The van der Waals surface area contributed by atoms with Crippen LogP contribution in [-0.2, 0) is 0 Å². The molecule has 0 bridgehead atoms. The summed E-state index contributed by atoms with van der Waals surface area (Å²) in [5.41, 5.74) is 0. The molecule has 0 saturated heterocycles. The average molecular weight is 168 g/mol. The Morgan fingerprint density at radius 2 is 2.08 bits per heavy atom. The highest BCUT2D eigenvalue weighted by Gasteiger charge is 2.19. The van der Waals surface area contributed by atoms with Gasteiger partial charge in [-0.2, -0.15) is 0 Å². The fourth-order valence-corrected chi connectivity index (χ4v) is 2.51. The Morgan fingerprint density at radius 1 is 1.33 bits per heavy atom. The summed E-state index contributed by atoms with van der Waals surface area (Å²) < 4.78 is 0. The maximum absolute atomic E-state index is 2.42. The summed E-state index contributed by atoms with van der Waals surface area (Å²) in [6.07, 6.45) is 8.84. The second-order valence-electron chi connectivity index (χ2n) is 4.89. The first-order valence-corrected chi connectivity index (χ1v) is 5.72. The summed E-state index contributed by atoms with van der Waals surface area (Å²) in [6, 6.07) is 0. The average Bonchev–Trinajstić information content (AvgIpc) is 2.04. The lowest BCUT2D eigenvalue weighted by molar-refractivity contribution is 0.241. The molecular weight excluding hydrogens is 144 g/mol. The maximum Gasteiger partial charge on any atom is -0.0409 e. The van der Waals surface area contributed by atoms with Gasteiger partial charge in [0.05, 0.1) is 0 Å². The van der Waals surface area contributed by atoms with Crippen molar-refractivity contribution in [3.8, 4) is 0 Å². The molecule has 3 unspecified atom stereocenters. The number of hydrogen-bond acceptors (Lipinski definition) is 0. The summed E-state index contributed by atoms with van der Waals surface area (Å²) in [6.45, 7) is 7.14. The highest BCUT2D eigenvalue weighted by molar-refractivity contribution is 4.71. The molecule has 0 aromatic carbocycles. The molecule has 1 aliphatic rings. The highest BCUT2D eigenvalue weighted by Crippen LogP contribution is 2.33. The fraction of sp³-hybridized carbons (Fsp3) is 1.00. The van der Waals surface area contributed by atoms with E-state index in [1.54, 1.807) is 0 Å². The van der Waals surface area contributed by atoms with E-state index in [4.69, 9.17) is 0 Å². The largest absolute Gasteiger partial charge is 0.0651 e. The molecule has 0 aromatic rings. The van der Waals surface area contributed by atoms with Crippen LogP contribution in [0.5, 0.6) is 0 Å². The lowest BCUT2D eigenvalue weighted by atomic mass is 9.78. The molecule has 1 aliphatic carbocycles. The van der Waals surface area contributed by atoms with Crippen LogP contribution in [-0.4, -0.2) is 0 Å². The topological polar surface area (TPSA) is 0 Å². The normalized spacial score (nSPS) is 33.2. The van der Waals surface area contributed by atoms with E-state index in [0.717, 1.165) is 17.8 Å². The molecule has 1 fully saturated rings. The lowest BCUT2D eigenvalue weighted by Crippen LogP contribution is -2.15. The van der Waals surface area contributed by atoms with Crippen molar-refractivity contribution in [2.75, 3.05) is 0 Å².